The van der Waals surface area contributed by atoms with Crippen molar-refractivity contribution in [2.45, 2.75) is 32.7 Å². The molecule has 0 spiro atoms. The number of carboxylic acid groups (broad SMARTS) is 1. The molecule has 1 aromatic rings. The summed E-state index contributed by atoms with van der Waals surface area (Å²) in [6.07, 6.45) is 1.62. The lowest BCUT2D eigenvalue weighted by atomic mass is 9.80. The van der Waals surface area contributed by atoms with Gasteiger partial charge in [-0.25, -0.2) is 9.78 Å². The third kappa shape index (κ3) is 3.16. The highest BCUT2D eigenvalue weighted by atomic mass is 32.1. The monoisotopic (exact) mass is 297 g/mol. The molecule has 1 amide bonds. The number of amides is 1. The number of carbonyl (C=O) groups is 2. The highest BCUT2D eigenvalue weighted by Gasteiger charge is 2.35. The summed E-state index contributed by atoms with van der Waals surface area (Å²) >= 11 is 1.25. The van der Waals surface area contributed by atoms with Crippen LogP contribution in [0.25, 0.3) is 0 Å². The van der Waals surface area contributed by atoms with Crippen LogP contribution >= 0.6 is 11.3 Å². The molecule has 6 nitrogen and oxygen atoms in total. The molecule has 1 aliphatic heterocycles. The van der Waals surface area contributed by atoms with Gasteiger partial charge in [0.25, 0.3) is 0 Å². The van der Waals surface area contributed by atoms with Gasteiger partial charge in [0.15, 0.2) is 5.69 Å². The number of aromatic carboxylic acids is 1. The molecule has 3 N–H and O–H groups in total. The van der Waals surface area contributed by atoms with Crippen LogP contribution in [0.4, 0.5) is 0 Å². The van der Waals surface area contributed by atoms with E-state index in [0.29, 0.717) is 5.01 Å². The van der Waals surface area contributed by atoms with Crippen molar-refractivity contribution in [3.63, 3.8) is 0 Å². The Labute approximate surface area is 121 Å². The van der Waals surface area contributed by atoms with Crippen molar-refractivity contribution < 1.29 is 14.7 Å². The van der Waals surface area contributed by atoms with Gasteiger partial charge in [0, 0.05) is 10.8 Å². The molecular weight excluding hydrogens is 278 g/mol. The van der Waals surface area contributed by atoms with Crippen molar-refractivity contribution in [3.8, 4) is 0 Å². The van der Waals surface area contributed by atoms with Gasteiger partial charge in [0.2, 0.25) is 5.91 Å². The average Bonchev–Trinajstić information content (AvgIpc) is 2.89. The first-order valence-electron chi connectivity index (χ1n) is 6.63. The lowest BCUT2D eigenvalue weighted by Gasteiger charge is -2.33. The number of rotatable bonds is 4. The molecule has 1 unspecified atom stereocenters. The third-order valence-corrected chi connectivity index (χ3v) is 4.74. The van der Waals surface area contributed by atoms with Crippen LogP contribution in [0.2, 0.25) is 0 Å². The predicted octanol–water partition coefficient (Wildman–Crippen LogP) is 1.41. The number of piperidine rings is 1. The molecule has 1 aromatic heterocycles. The van der Waals surface area contributed by atoms with E-state index in [1.165, 1.54) is 16.7 Å². The van der Waals surface area contributed by atoms with Crippen LogP contribution in [0, 0.1) is 5.41 Å². The van der Waals surface area contributed by atoms with E-state index in [1.54, 1.807) is 0 Å². The molecule has 20 heavy (non-hydrogen) atoms. The van der Waals surface area contributed by atoms with Crippen LogP contribution in [-0.2, 0) is 4.79 Å². The quantitative estimate of drug-likeness (QED) is 0.781. The first-order chi connectivity index (χ1) is 9.42. The number of hydrogen-bond donors (Lipinski definition) is 3. The molecule has 110 valence electrons. The van der Waals surface area contributed by atoms with Crippen LogP contribution in [-0.4, -0.2) is 35.1 Å². The maximum absolute atomic E-state index is 12.4. The third-order valence-electron chi connectivity index (χ3n) is 3.71. The molecule has 0 saturated carbocycles. The Morgan fingerprint density at radius 1 is 1.50 bits per heavy atom. The van der Waals surface area contributed by atoms with Crippen molar-refractivity contribution in [3.05, 3.63) is 16.1 Å². The van der Waals surface area contributed by atoms with Crippen LogP contribution in [0.3, 0.4) is 0 Å². The fraction of sp³-hybridized carbons (Fsp3) is 0.615. The summed E-state index contributed by atoms with van der Waals surface area (Å²) in [6.45, 7) is 5.49. The van der Waals surface area contributed by atoms with E-state index < -0.39 is 5.97 Å². The fourth-order valence-electron chi connectivity index (χ4n) is 2.22. The second kappa shape index (κ2) is 5.88. The van der Waals surface area contributed by atoms with Crippen molar-refractivity contribution in [2.75, 3.05) is 13.1 Å². The van der Waals surface area contributed by atoms with Crippen molar-refractivity contribution in [1.82, 2.24) is 15.6 Å². The molecule has 0 bridgehead atoms. The number of hydrogen-bond acceptors (Lipinski definition) is 5. The number of aromatic nitrogens is 1. The summed E-state index contributed by atoms with van der Waals surface area (Å²) in [6, 6.07) is -0.271. The Morgan fingerprint density at radius 3 is 2.70 bits per heavy atom. The summed E-state index contributed by atoms with van der Waals surface area (Å²) in [4.78, 5) is 27.2. The summed E-state index contributed by atoms with van der Waals surface area (Å²) in [5, 5.41) is 17.2. The van der Waals surface area contributed by atoms with E-state index in [2.05, 4.69) is 15.6 Å². The van der Waals surface area contributed by atoms with Gasteiger partial charge in [0.1, 0.15) is 5.01 Å². The topological polar surface area (TPSA) is 91.3 Å². The SMILES string of the molecule is CC(NC(=O)C1(C)CCNCC1)c1nc(C(=O)O)cs1. The Kier molecular flexibility index (Phi) is 4.39. The zero-order valence-electron chi connectivity index (χ0n) is 11.6. The van der Waals surface area contributed by atoms with E-state index >= 15 is 0 Å². The highest BCUT2D eigenvalue weighted by Crippen LogP contribution is 2.29. The van der Waals surface area contributed by atoms with Gasteiger partial charge in [-0.1, -0.05) is 6.92 Å². The fourth-order valence-corrected chi connectivity index (χ4v) is 3.02. The molecule has 1 aliphatic rings. The predicted molar refractivity (Wildman–Crippen MR) is 75.8 cm³/mol. The van der Waals surface area contributed by atoms with Crippen molar-refractivity contribution >= 4 is 23.2 Å². The van der Waals surface area contributed by atoms with E-state index in [9.17, 15) is 9.59 Å². The molecule has 1 fully saturated rings. The van der Waals surface area contributed by atoms with E-state index in [0.717, 1.165) is 25.9 Å². The Bertz CT molecular complexity index is 509. The summed E-state index contributed by atoms with van der Waals surface area (Å²) in [5.41, 5.74) is -0.328. The maximum Gasteiger partial charge on any atom is 0.355 e. The van der Waals surface area contributed by atoms with Crippen LogP contribution < -0.4 is 10.6 Å². The number of nitrogens with zero attached hydrogens (tertiary/aromatic N) is 1. The zero-order chi connectivity index (χ0) is 14.8. The lowest BCUT2D eigenvalue weighted by Crippen LogP contribution is -2.46. The van der Waals surface area contributed by atoms with E-state index in [4.69, 9.17) is 5.11 Å². The van der Waals surface area contributed by atoms with Gasteiger partial charge in [-0.05, 0) is 32.9 Å². The van der Waals surface area contributed by atoms with Gasteiger partial charge in [-0.3, -0.25) is 4.79 Å². The average molecular weight is 297 g/mol. The second-order valence-electron chi connectivity index (χ2n) is 5.38. The first-order valence-corrected chi connectivity index (χ1v) is 7.51. The summed E-state index contributed by atoms with van der Waals surface area (Å²) < 4.78 is 0. The number of thiazole rings is 1. The molecule has 1 saturated heterocycles. The van der Waals surface area contributed by atoms with Gasteiger partial charge in [-0.15, -0.1) is 11.3 Å². The van der Waals surface area contributed by atoms with Gasteiger partial charge in [0.05, 0.1) is 6.04 Å². The first kappa shape index (κ1) is 14.9. The molecule has 7 heteroatoms. The van der Waals surface area contributed by atoms with E-state index in [-0.39, 0.29) is 23.1 Å². The molecule has 0 aromatic carbocycles. The summed E-state index contributed by atoms with van der Waals surface area (Å²) in [5.74, 6) is -1.03. The normalized spacial score (nSPS) is 19.3. The molecule has 2 heterocycles. The van der Waals surface area contributed by atoms with Gasteiger partial charge >= 0.3 is 5.97 Å². The largest absolute Gasteiger partial charge is 0.476 e. The molecule has 1 atom stereocenters. The van der Waals surface area contributed by atoms with Crippen molar-refractivity contribution in [2.24, 2.45) is 5.41 Å². The molecule has 0 aliphatic carbocycles. The maximum atomic E-state index is 12.4. The van der Waals surface area contributed by atoms with Crippen molar-refractivity contribution in [1.29, 1.82) is 0 Å². The molecule has 0 radical (unpaired) electrons. The number of carboxylic acids is 1. The standard InChI is InChI=1S/C13H19N3O3S/c1-8(10-16-9(7-20-10)11(17)18)15-12(19)13(2)3-5-14-6-4-13/h7-8,14H,3-6H2,1-2H3,(H,15,19)(H,17,18). The smallest absolute Gasteiger partial charge is 0.355 e. The van der Waals surface area contributed by atoms with Crippen LogP contribution in [0.5, 0.6) is 0 Å². The van der Waals surface area contributed by atoms with Crippen LogP contribution in [0.15, 0.2) is 5.38 Å². The Morgan fingerprint density at radius 2 is 2.15 bits per heavy atom. The van der Waals surface area contributed by atoms with Gasteiger partial charge < -0.3 is 15.7 Å². The minimum Gasteiger partial charge on any atom is -0.476 e. The minimum atomic E-state index is -1.05. The Balaban J connectivity index is 2.01. The Hall–Kier alpha value is -1.47. The lowest BCUT2D eigenvalue weighted by molar-refractivity contribution is -0.132. The van der Waals surface area contributed by atoms with E-state index in [1.807, 2.05) is 13.8 Å². The second-order valence-corrected chi connectivity index (χ2v) is 6.27. The zero-order valence-corrected chi connectivity index (χ0v) is 12.4. The van der Waals surface area contributed by atoms with Gasteiger partial charge in [-0.2, -0.15) is 0 Å². The molecule has 2 rings (SSSR count). The minimum absolute atomic E-state index is 0.0126. The number of nitrogens with one attached hydrogen (secondary N) is 2. The molecular formula is C13H19N3O3S. The number of carbonyl (C=O) groups excluding carboxylic acids is 1. The summed E-state index contributed by atoms with van der Waals surface area (Å²) in [7, 11) is 0. The highest BCUT2D eigenvalue weighted by molar-refractivity contribution is 7.09. The van der Waals surface area contributed by atoms with Crippen LogP contribution in [0.1, 0.15) is 48.2 Å².